The number of nitrogens with one attached hydrogen (secondary N) is 1. The van der Waals surface area contributed by atoms with Crippen molar-refractivity contribution in [2.75, 3.05) is 13.1 Å². The molecule has 0 amide bonds. The van der Waals surface area contributed by atoms with Gasteiger partial charge in [0.1, 0.15) is 5.82 Å². The number of benzene rings is 1. The Kier molecular flexibility index (Phi) is 2.31. The summed E-state index contributed by atoms with van der Waals surface area (Å²) >= 11 is 0. The summed E-state index contributed by atoms with van der Waals surface area (Å²) in [6.45, 7) is 6.22. The average Bonchev–Trinajstić information content (AvgIpc) is 2.46. The minimum absolute atomic E-state index is 0.0747. The van der Waals surface area contributed by atoms with E-state index < -0.39 is 0 Å². The van der Waals surface area contributed by atoms with Crippen molar-refractivity contribution in [3.05, 3.63) is 35.6 Å². The summed E-state index contributed by atoms with van der Waals surface area (Å²) in [5, 5.41) is 3.32. The van der Waals surface area contributed by atoms with E-state index in [-0.39, 0.29) is 11.2 Å². The van der Waals surface area contributed by atoms with Crippen LogP contribution in [0.15, 0.2) is 24.3 Å². The molecule has 1 aromatic rings. The Morgan fingerprint density at radius 2 is 2.07 bits per heavy atom. The van der Waals surface area contributed by atoms with Crippen LogP contribution in [0.3, 0.4) is 0 Å². The zero-order valence-electron chi connectivity index (χ0n) is 8.68. The standard InChI is InChI=1S/C12H16FN/c1-12(2)8-14-7-10(12)9-5-3-4-6-11(9)13/h3-6,10,14H,7-8H2,1-2H3/t10-/m1/s1. The molecule has 76 valence electrons. The Bertz CT molecular complexity index is 333. The number of hydrogen-bond acceptors (Lipinski definition) is 1. The van der Waals surface area contributed by atoms with Gasteiger partial charge < -0.3 is 5.32 Å². The van der Waals surface area contributed by atoms with E-state index in [4.69, 9.17) is 0 Å². The quantitative estimate of drug-likeness (QED) is 0.722. The molecule has 0 aliphatic carbocycles. The van der Waals surface area contributed by atoms with Crippen LogP contribution in [0.1, 0.15) is 25.3 Å². The van der Waals surface area contributed by atoms with Gasteiger partial charge in [0, 0.05) is 19.0 Å². The predicted molar refractivity (Wildman–Crippen MR) is 55.8 cm³/mol. The summed E-state index contributed by atoms with van der Waals surface area (Å²) < 4.78 is 13.6. The highest BCUT2D eigenvalue weighted by Crippen LogP contribution is 2.39. The zero-order chi connectivity index (χ0) is 10.2. The maximum absolute atomic E-state index is 13.6. The first-order chi connectivity index (χ1) is 6.61. The molecular formula is C12H16FN. The predicted octanol–water partition coefficient (Wildman–Crippen LogP) is 2.54. The second kappa shape index (κ2) is 3.35. The molecule has 1 aliphatic rings. The highest BCUT2D eigenvalue weighted by Gasteiger charge is 2.36. The van der Waals surface area contributed by atoms with Crippen molar-refractivity contribution in [1.82, 2.24) is 5.32 Å². The van der Waals surface area contributed by atoms with Gasteiger partial charge in [-0.05, 0) is 17.0 Å². The van der Waals surface area contributed by atoms with E-state index in [1.165, 1.54) is 0 Å². The normalized spacial score (nSPS) is 25.2. The fourth-order valence-corrected chi connectivity index (χ4v) is 2.23. The Balaban J connectivity index is 2.36. The van der Waals surface area contributed by atoms with Crippen LogP contribution in [-0.4, -0.2) is 13.1 Å². The van der Waals surface area contributed by atoms with Crippen LogP contribution in [0.4, 0.5) is 4.39 Å². The second-order valence-corrected chi connectivity index (χ2v) is 4.69. The molecule has 1 heterocycles. The van der Waals surface area contributed by atoms with E-state index in [0.29, 0.717) is 5.92 Å². The minimum Gasteiger partial charge on any atom is -0.316 e. The molecule has 0 saturated carbocycles. The molecule has 1 aromatic carbocycles. The smallest absolute Gasteiger partial charge is 0.126 e. The lowest BCUT2D eigenvalue weighted by Crippen LogP contribution is -2.21. The zero-order valence-corrected chi connectivity index (χ0v) is 8.68. The molecule has 14 heavy (non-hydrogen) atoms. The third-order valence-corrected chi connectivity index (χ3v) is 3.15. The summed E-state index contributed by atoms with van der Waals surface area (Å²) in [6.07, 6.45) is 0. The number of hydrogen-bond donors (Lipinski definition) is 1. The lowest BCUT2D eigenvalue weighted by Gasteiger charge is -2.26. The van der Waals surface area contributed by atoms with Gasteiger partial charge in [-0.2, -0.15) is 0 Å². The van der Waals surface area contributed by atoms with E-state index in [1.54, 1.807) is 12.1 Å². The molecule has 0 radical (unpaired) electrons. The van der Waals surface area contributed by atoms with Gasteiger partial charge in [-0.25, -0.2) is 4.39 Å². The Hall–Kier alpha value is -0.890. The van der Waals surface area contributed by atoms with E-state index >= 15 is 0 Å². The molecule has 1 N–H and O–H groups in total. The summed E-state index contributed by atoms with van der Waals surface area (Å²) in [5.41, 5.74) is 1.00. The Morgan fingerprint density at radius 1 is 1.36 bits per heavy atom. The van der Waals surface area contributed by atoms with Crippen molar-refractivity contribution < 1.29 is 4.39 Å². The number of rotatable bonds is 1. The van der Waals surface area contributed by atoms with E-state index in [9.17, 15) is 4.39 Å². The highest BCUT2D eigenvalue weighted by atomic mass is 19.1. The summed E-state index contributed by atoms with van der Waals surface area (Å²) in [4.78, 5) is 0. The summed E-state index contributed by atoms with van der Waals surface area (Å²) in [6, 6.07) is 7.10. The van der Waals surface area contributed by atoms with Crippen LogP contribution < -0.4 is 5.32 Å². The molecule has 0 unspecified atom stereocenters. The first kappa shape index (κ1) is 9.66. The van der Waals surface area contributed by atoms with Crippen LogP contribution in [0, 0.1) is 11.2 Å². The van der Waals surface area contributed by atoms with Gasteiger partial charge in [-0.1, -0.05) is 32.0 Å². The third-order valence-electron chi connectivity index (χ3n) is 3.15. The van der Waals surface area contributed by atoms with Gasteiger partial charge in [-0.3, -0.25) is 0 Å². The second-order valence-electron chi connectivity index (χ2n) is 4.69. The van der Waals surface area contributed by atoms with Gasteiger partial charge in [0.2, 0.25) is 0 Å². The molecule has 1 fully saturated rings. The molecule has 1 saturated heterocycles. The molecule has 0 aromatic heterocycles. The SMILES string of the molecule is CC1(C)CNC[C@@H]1c1ccccc1F. The van der Waals surface area contributed by atoms with Gasteiger partial charge in [0.15, 0.2) is 0 Å². The molecule has 1 aliphatic heterocycles. The van der Waals surface area contributed by atoms with Crippen LogP contribution >= 0.6 is 0 Å². The van der Waals surface area contributed by atoms with Crippen molar-refractivity contribution in [1.29, 1.82) is 0 Å². The fourth-order valence-electron chi connectivity index (χ4n) is 2.23. The Morgan fingerprint density at radius 3 is 2.64 bits per heavy atom. The van der Waals surface area contributed by atoms with Gasteiger partial charge in [0.05, 0.1) is 0 Å². The van der Waals surface area contributed by atoms with Crippen molar-refractivity contribution in [2.45, 2.75) is 19.8 Å². The molecule has 1 atom stereocenters. The van der Waals surface area contributed by atoms with E-state index in [2.05, 4.69) is 19.2 Å². The highest BCUT2D eigenvalue weighted by molar-refractivity contribution is 5.25. The first-order valence-electron chi connectivity index (χ1n) is 5.06. The van der Waals surface area contributed by atoms with Gasteiger partial charge in [-0.15, -0.1) is 0 Å². The monoisotopic (exact) mass is 193 g/mol. The Labute approximate surface area is 84.3 Å². The maximum atomic E-state index is 13.6. The van der Waals surface area contributed by atoms with Crippen LogP contribution in [0.5, 0.6) is 0 Å². The molecule has 2 heteroatoms. The molecule has 2 rings (SSSR count). The molecule has 0 spiro atoms. The maximum Gasteiger partial charge on any atom is 0.126 e. The first-order valence-corrected chi connectivity index (χ1v) is 5.06. The van der Waals surface area contributed by atoms with Crippen molar-refractivity contribution >= 4 is 0 Å². The molecular weight excluding hydrogens is 177 g/mol. The van der Waals surface area contributed by atoms with Crippen molar-refractivity contribution in [3.63, 3.8) is 0 Å². The summed E-state index contributed by atoms with van der Waals surface area (Å²) in [5.74, 6) is 0.220. The van der Waals surface area contributed by atoms with Crippen LogP contribution in [-0.2, 0) is 0 Å². The lowest BCUT2D eigenvalue weighted by atomic mass is 9.78. The van der Waals surface area contributed by atoms with Crippen LogP contribution in [0.2, 0.25) is 0 Å². The van der Waals surface area contributed by atoms with E-state index in [1.807, 2.05) is 12.1 Å². The third kappa shape index (κ3) is 1.55. The van der Waals surface area contributed by atoms with Crippen molar-refractivity contribution in [2.24, 2.45) is 5.41 Å². The largest absolute Gasteiger partial charge is 0.316 e. The van der Waals surface area contributed by atoms with Gasteiger partial charge in [0.25, 0.3) is 0 Å². The average molecular weight is 193 g/mol. The summed E-state index contributed by atoms with van der Waals surface area (Å²) in [7, 11) is 0. The number of halogens is 1. The van der Waals surface area contributed by atoms with Crippen LogP contribution in [0.25, 0.3) is 0 Å². The molecule has 0 bridgehead atoms. The lowest BCUT2D eigenvalue weighted by molar-refractivity contribution is 0.355. The van der Waals surface area contributed by atoms with Gasteiger partial charge >= 0.3 is 0 Å². The topological polar surface area (TPSA) is 12.0 Å². The van der Waals surface area contributed by atoms with Crippen molar-refractivity contribution in [3.8, 4) is 0 Å². The molecule has 1 nitrogen and oxygen atoms in total. The minimum atomic E-state index is -0.0747. The van der Waals surface area contributed by atoms with E-state index in [0.717, 1.165) is 18.7 Å². The fraction of sp³-hybridized carbons (Fsp3) is 0.500.